The van der Waals surface area contributed by atoms with E-state index in [1.807, 2.05) is 45.0 Å². The summed E-state index contributed by atoms with van der Waals surface area (Å²) in [6.45, 7) is 6.56. The van der Waals surface area contributed by atoms with Gasteiger partial charge in [0.25, 0.3) is 15.9 Å². The number of hydrogen-bond acceptors (Lipinski definition) is 6. The average molecular weight is 560 g/mol. The third kappa shape index (κ3) is 5.79. The number of fused-ring (bicyclic) bond motifs is 1. The van der Waals surface area contributed by atoms with Gasteiger partial charge in [0.05, 0.1) is 16.8 Å². The fourth-order valence-electron chi connectivity index (χ4n) is 4.52. The molecule has 2 aromatic carbocycles. The number of thiophene rings is 1. The number of aromatic nitrogens is 1. The van der Waals surface area contributed by atoms with Crippen molar-refractivity contribution in [2.24, 2.45) is 5.41 Å². The van der Waals surface area contributed by atoms with Crippen LogP contribution in [0.3, 0.4) is 0 Å². The highest BCUT2D eigenvalue weighted by atomic mass is 32.2. The predicted molar refractivity (Wildman–Crippen MR) is 154 cm³/mol. The molecule has 1 N–H and O–H groups in total. The summed E-state index contributed by atoms with van der Waals surface area (Å²) in [6, 6.07) is 17.6. The normalized spacial score (nSPS) is 13.4. The molecule has 0 bridgehead atoms. The summed E-state index contributed by atoms with van der Waals surface area (Å²) in [5, 5.41) is 0. The number of nitrogens with zero attached hydrogens (tertiary/aromatic N) is 2. The average Bonchev–Trinajstić information content (AvgIpc) is 3.48. The quantitative estimate of drug-likeness (QED) is 0.261. The first-order valence-electron chi connectivity index (χ1n) is 12.5. The van der Waals surface area contributed by atoms with Crippen molar-refractivity contribution >= 4 is 38.7 Å². The van der Waals surface area contributed by atoms with Crippen molar-refractivity contribution in [1.82, 2.24) is 9.88 Å². The van der Waals surface area contributed by atoms with Crippen LogP contribution in [0, 0.1) is 5.41 Å². The first-order valence-corrected chi connectivity index (χ1v) is 14.8. The zero-order valence-electron chi connectivity index (χ0n) is 22.2. The number of pyridine rings is 1. The molecule has 39 heavy (non-hydrogen) atoms. The summed E-state index contributed by atoms with van der Waals surface area (Å²) in [4.78, 5) is 32.7. The molecule has 5 rings (SSSR count). The third-order valence-electron chi connectivity index (χ3n) is 6.43. The van der Waals surface area contributed by atoms with Gasteiger partial charge in [0.15, 0.2) is 5.78 Å². The largest absolute Gasteiger partial charge is 0.337 e. The van der Waals surface area contributed by atoms with Gasteiger partial charge < -0.3 is 4.90 Å². The van der Waals surface area contributed by atoms with Gasteiger partial charge in [-0.25, -0.2) is 8.42 Å². The number of rotatable bonds is 7. The van der Waals surface area contributed by atoms with E-state index in [9.17, 15) is 18.0 Å². The molecule has 0 saturated heterocycles. The van der Waals surface area contributed by atoms with E-state index in [4.69, 9.17) is 0 Å². The van der Waals surface area contributed by atoms with Gasteiger partial charge >= 0.3 is 0 Å². The highest BCUT2D eigenvalue weighted by Gasteiger charge is 2.24. The van der Waals surface area contributed by atoms with E-state index >= 15 is 0 Å². The number of anilines is 1. The fourth-order valence-corrected chi connectivity index (χ4v) is 6.53. The van der Waals surface area contributed by atoms with Crippen molar-refractivity contribution < 1.29 is 18.0 Å². The Hall–Kier alpha value is -3.82. The molecule has 200 valence electrons. The monoisotopic (exact) mass is 559 g/mol. The van der Waals surface area contributed by atoms with Gasteiger partial charge in [-0.3, -0.25) is 19.3 Å². The smallest absolute Gasteiger partial charge is 0.261 e. The molecule has 7 nitrogen and oxygen atoms in total. The van der Waals surface area contributed by atoms with E-state index in [-0.39, 0.29) is 22.0 Å². The van der Waals surface area contributed by atoms with Crippen LogP contribution in [0.25, 0.3) is 20.9 Å². The van der Waals surface area contributed by atoms with Crippen LogP contribution in [-0.4, -0.2) is 37.0 Å². The van der Waals surface area contributed by atoms with E-state index in [0.29, 0.717) is 24.2 Å². The Bertz CT molecular complexity index is 1680. The van der Waals surface area contributed by atoms with Crippen LogP contribution in [0.2, 0.25) is 0 Å². The Morgan fingerprint density at radius 3 is 2.36 bits per heavy atom. The van der Waals surface area contributed by atoms with Gasteiger partial charge in [0.2, 0.25) is 0 Å². The Morgan fingerprint density at radius 1 is 0.974 bits per heavy atom. The van der Waals surface area contributed by atoms with Crippen molar-refractivity contribution in [1.29, 1.82) is 0 Å². The molecule has 0 spiro atoms. The molecule has 1 amide bonds. The third-order valence-corrected chi connectivity index (χ3v) is 9.01. The second-order valence-corrected chi connectivity index (χ2v) is 13.7. The molecular weight excluding hydrogens is 530 g/mol. The van der Waals surface area contributed by atoms with Gasteiger partial charge in [-0.05, 0) is 59.0 Å². The zero-order chi connectivity index (χ0) is 27.9. The molecule has 1 aliphatic rings. The Labute approximate surface area is 232 Å². The minimum absolute atomic E-state index is 0.0210. The number of nitrogens with one attached hydrogen (secondary N) is 1. The van der Waals surface area contributed by atoms with E-state index in [2.05, 4.69) is 15.8 Å². The van der Waals surface area contributed by atoms with E-state index in [0.717, 1.165) is 32.0 Å². The van der Waals surface area contributed by atoms with Gasteiger partial charge in [-0.15, -0.1) is 11.3 Å². The highest BCUT2D eigenvalue weighted by molar-refractivity contribution is 7.92. The molecule has 0 saturated carbocycles. The Kier molecular flexibility index (Phi) is 6.90. The van der Waals surface area contributed by atoms with Crippen LogP contribution in [0.5, 0.6) is 0 Å². The second-order valence-electron chi connectivity index (χ2n) is 10.9. The maximum Gasteiger partial charge on any atom is 0.261 e. The van der Waals surface area contributed by atoms with Crippen LogP contribution < -0.4 is 4.72 Å². The lowest BCUT2D eigenvalue weighted by Crippen LogP contribution is -2.17. The molecule has 0 unspecified atom stereocenters. The minimum atomic E-state index is -3.87. The van der Waals surface area contributed by atoms with E-state index in [1.54, 1.807) is 47.7 Å². The van der Waals surface area contributed by atoms with Crippen LogP contribution in [0.1, 0.15) is 53.5 Å². The molecule has 3 heterocycles. The standard InChI is InChI=1S/C30H29N3O4S2/c1-30(2,3)15-26(34)19-5-8-24(9-6-19)39(36,37)32-23-14-21(16-31-17-23)28-12-11-27(38-28)20-7-10-25-22(13-20)18-33(4)29(25)35/h5-14,16-17,32H,15,18H2,1-4H3. The molecule has 9 heteroatoms. The first kappa shape index (κ1) is 26.8. The van der Waals surface area contributed by atoms with Crippen molar-refractivity contribution in [3.63, 3.8) is 0 Å². The Balaban J connectivity index is 1.33. The minimum Gasteiger partial charge on any atom is -0.337 e. The summed E-state index contributed by atoms with van der Waals surface area (Å²) in [6.07, 6.45) is 3.54. The lowest BCUT2D eigenvalue weighted by Gasteiger charge is -2.16. The van der Waals surface area contributed by atoms with Crippen molar-refractivity contribution in [2.45, 2.75) is 38.6 Å². The lowest BCUT2D eigenvalue weighted by atomic mass is 9.88. The van der Waals surface area contributed by atoms with Gasteiger partial charge in [-0.2, -0.15) is 0 Å². The predicted octanol–water partition coefficient (Wildman–Crippen LogP) is 6.48. The number of benzene rings is 2. The lowest BCUT2D eigenvalue weighted by molar-refractivity contribution is 0.0816. The van der Waals surface area contributed by atoms with E-state index in [1.165, 1.54) is 18.3 Å². The summed E-state index contributed by atoms with van der Waals surface area (Å²) < 4.78 is 28.7. The number of carbonyl (C=O) groups excluding carboxylic acids is 2. The summed E-state index contributed by atoms with van der Waals surface area (Å²) in [5.74, 6) is 0.0195. The van der Waals surface area contributed by atoms with Crippen LogP contribution in [-0.2, 0) is 16.6 Å². The molecule has 1 aliphatic heterocycles. The number of hydrogen-bond donors (Lipinski definition) is 1. The molecule has 0 fully saturated rings. The molecule has 4 aromatic rings. The zero-order valence-corrected chi connectivity index (χ0v) is 23.8. The molecule has 2 aromatic heterocycles. The SMILES string of the molecule is CN1Cc2cc(-c3ccc(-c4cncc(NS(=O)(=O)c5ccc(C(=O)CC(C)(C)C)cc5)c4)s3)ccc2C1=O. The summed E-state index contributed by atoms with van der Waals surface area (Å²) in [7, 11) is -2.08. The van der Waals surface area contributed by atoms with Crippen LogP contribution in [0.15, 0.2) is 78.0 Å². The number of sulfonamides is 1. The van der Waals surface area contributed by atoms with Crippen molar-refractivity contribution in [2.75, 3.05) is 11.8 Å². The molecule has 0 radical (unpaired) electrons. The molecular formula is C30H29N3O4S2. The maximum absolute atomic E-state index is 13.0. The van der Waals surface area contributed by atoms with Gasteiger partial charge in [0, 0.05) is 52.7 Å². The summed E-state index contributed by atoms with van der Waals surface area (Å²) >= 11 is 1.57. The van der Waals surface area contributed by atoms with Crippen molar-refractivity contribution in [3.8, 4) is 20.9 Å². The van der Waals surface area contributed by atoms with E-state index < -0.39 is 10.0 Å². The number of carbonyl (C=O) groups is 2. The Morgan fingerprint density at radius 2 is 1.67 bits per heavy atom. The fraction of sp³-hybridized carbons (Fsp3) is 0.233. The molecule has 0 aliphatic carbocycles. The molecule has 0 atom stereocenters. The number of ketones is 1. The van der Waals surface area contributed by atoms with Crippen molar-refractivity contribution in [3.05, 3.63) is 89.7 Å². The number of Topliss-reactive ketones (excluding diaryl/α,β-unsaturated/α-hetero) is 1. The highest BCUT2D eigenvalue weighted by Crippen LogP contribution is 2.37. The van der Waals surface area contributed by atoms with Gasteiger partial charge in [0.1, 0.15) is 0 Å². The van der Waals surface area contributed by atoms with Crippen LogP contribution in [0.4, 0.5) is 5.69 Å². The number of amides is 1. The second kappa shape index (κ2) is 10.1. The topological polar surface area (TPSA) is 96.4 Å². The first-order chi connectivity index (χ1) is 18.4. The van der Waals surface area contributed by atoms with Crippen LogP contribution >= 0.6 is 11.3 Å². The maximum atomic E-state index is 13.0. The van der Waals surface area contributed by atoms with Gasteiger partial charge in [-0.1, -0.05) is 39.0 Å². The summed E-state index contributed by atoms with van der Waals surface area (Å²) in [5.41, 5.74) is 4.25.